The second kappa shape index (κ2) is 5.50. The number of aliphatic carboxylic acids is 1. The highest BCUT2D eigenvalue weighted by molar-refractivity contribution is 7.13. The Hall–Kier alpha value is -2.08. The number of hydrogen-bond acceptors (Lipinski definition) is 5. The monoisotopic (exact) mass is 290 g/mol. The summed E-state index contributed by atoms with van der Waals surface area (Å²) in [5, 5.41) is 11.4. The fourth-order valence-electron chi connectivity index (χ4n) is 2.18. The largest absolute Gasteiger partial charge is 0.491 e. The molecule has 0 bridgehead atoms. The molecule has 0 unspecified atom stereocenters. The zero-order valence-corrected chi connectivity index (χ0v) is 11.6. The molecule has 0 fully saturated rings. The molecule has 0 amide bonds. The third-order valence-electron chi connectivity index (χ3n) is 3.04. The normalized spacial score (nSPS) is 14.3. The van der Waals surface area contributed by atoms with Crippen LogP contribution in [0.1, 0.15) is 12.1 Å². The predicted octanol–water partition coefficient (Wildman–Crippen LogP) is 2.69. The summed E-state index contributed by atoms with van der Waals surface area (Å²) in [5.74, 6) is -0.0126. The van der Waals surface area contributed by atoms with Crippen molar-refractivity contribution in [2.75, 3.05) is 18.1 Å². The molecule has 0 aliphatic carbocycles. The lowest BCUT2D eigenvalue weighted by atomic mass is 10.2. The van der Waals surface area contributed by atoms with Crippen LogP contribution in [0, 0.1) is 0 Å². The van der Waals surface area contributed by atoms with Gasteiger partial charge in [0.15, 0.2) is 5.13 Å². The van der Waals surface area contributed by atoms with Crippen molar-refractivity contribution >= 4 is 28.1 Å². The zero-order valence-electron chi connectivity index (χ0n) is 10.8. The number of ether oxygens (including phenoxy) is 1. The molecule has 0 saturated carbocycles. The van der Waals surface area contributed by atoms with Crippen molar-refractivity contribution in [1.82, 2.24) is 4.98 Å². The number of para-hydroxylation sites is 2. The lowest BCUT2D eigenvalue weighted by Gasteiger charge is -2.20. The molecule has 0 radical (unpaired) electrons. The van der Waals surface area contributed by atoms with E-state index in [4.69, 9.17) is 9.84 Å². The summed E-state index contributed by atoms with van der Waals surface area (Å²) in [4.78, 5) is 17.3. The van der Waals surface area contributed by atoms with Crippen molar-refractivity contribution in [3.05, 3.63) is 35.3 Å². The molecule has 1 N–H and O–H groups in total. The SMILES string of the molecule is O=C(O)Cc1csc(N2CCCOc3ccccc32)n1. The van der Waals surface area contributed by atoms with E-state index in [-0.39, 0.29) is 6.42 Å². The molecule has 0 spiro atoms. The summed E-state index contributed by atoms with van der Waals surface area (Å²) in [7, 11) is 0. The first-order chi connectivity index (χ1) is 9.74. The first kappa shape index (κ1) is 12.9. The Labute approximate surface area is 120 Å². The van der Waals surface area contributed by atoms with Crippen LogP contribution in [0.2, 0.25) is 0 Å². The van der Waals surface area contributed by atoms with E-state index in [1.807, 2.05) is 24.3 Å². The van der Waals surface area contributed by atoms with Gasteiger partial charge < -0.3 is 14.7 Å². The van der Waals surface area contributed by atoms with Gasteiger partial charge in [0.25, 0.3) is 0 Å². The topological polar surface area (TPSA) is 62.7 Å². The van der Waals surface area contributed by atoms with Crippen LogP contribution in [-0.4, -0.2) is 29.2 Å². The van der Waals surface area contributed by atoms with Crippen LogP contribution >= 0.6 is 11.3 Å². The van der Waals surface area contributed by atoms with Crippen LogP contribution in [0.25, 0.3) is 0 Å². The van der Waals surface area contributed by atoms with Crippen molar-refractivity contribution in [1.29, 1.82) is 0 Å². The van der Waals surface area contributed by atoms with E-state index in [1.54, 1.807) is 5.38 Å². The lowest BCUT2D eigenvalue weighted by Crippen LogP contribution is -2.17. The third kappa shape index (κ3) is 2.60. The molecule has 104 valence electrons. The Balaban J connectivity index is 1.93. The van der Waals surface area contributed by atoms with Gasteiger partial charge >= 0.3 is 5.97 Å². The van der Waals surface area contributed by atoms with Gasteiger partial charge in [-0.15, -0.1) is 11.3 Å². The van der Waals surface area contributed by atoms with E-state index < -0.39 is 5.97 Å². The highest BCUT2D eigenvalue weighted by atomic mass is 32.1. The van der Waals surface area contributed by atoms with Crippen LogP contribution in [0.3, 0.4) is 0 Å². The van der Waals surface area contributed by atoms with Crippen LogP contribution < -0.4 is 9.64 Å². The van der Waals surface area contributed by atoms with Crippen molar-refractivity contribution in [2.45, 2.75) is 12.8 Å². The minimum Gasteiger partial charge on any atom is -0.491 e. The number of nitrogens with zero attached hydrogens (tertiary/aromatic N) is 2. The van der Waals surface area contributed by atoms with Crippen molar-refractivity contribution in [2.24, 2.45) is 0 Å². The Kier molecular flexibility index (Phi) is 3.56. The average molecular weight is 290 g/mol. The number of rotatable bonds is 3. The molecular formula is C14H14N2O3S. The smallest absolute Gasteiger partial charge is 0.309 e. The molecule has 0 saturated heterocycles. The van der Waals surface area contributed by atoms with E-state index in [0.29, 0.717) is 12.3 Å². The summed E-state index contributed by atoms with van der Waals surface area (Å²) in [6.45, 7) is 1.50. The standard InChI is InChI=1S/C14H14N2O3S/c17-13(18)8-10-9-20-14(15-10)16-6-3-7-19-12-5-2-1-4-11(12)16/h1-2,4-5,9H,3,6-8H2,(H,17,18). The molecule has 1 aromatic carbocycles. The Morgan fingerprint density at radius 1 is 1.45 bits per heavy atom. The number of carboxylic acids is 1. The molecule has 3 rings (SSSR count). The number of hydrogen-bond donors (Lipinski definition) is 1. The number of aromatic nitrogens is 1. The van der Waals surface area contributed by atoms with E-state index >= 15 is 0 Å². The molecule has 1 aliphatic rings. The highest BCUT2D eigenvalue weighted by Gasteiger charge is 2.20. The molecule has 1 aliphatic heterocycles. The van der Waals surface area contributed by atoms with E-state index in [1.165, 1.54) is 11.3 Å². The summed E-state index contributed by atoms with van der Waals surface area (Å²) in [5.41, 5.74) is 1.58. The molecule has 0 atom stereocenters. The summed E-state index contributed by atoms with van der Waals surface area (Å²) < 4.78 is 5.71. The molecular weight excluding hydrogens is 276 g/mol. The lowest BCUT2D eigenvalue weighted by molar-refractivity contribution is -0.136. The fraction of sp³-hybridized carbons (Fsp3) is 0.286. The summed E-state index contributed by atoms with van der Waals surface area (Å²) >= 11 is 1.47. The van der Waals surface area contributed by atoms with Crippen LogP contribution in [0.5, 0.6) is 5.75 Å². The van der Waals surface area contributed by atoms with Gasteiger partial charge in [-0.25, -0.2) is 4.98 Å². The van der Waals surface area contributed by atoms with E-state index in [2.05, 4.69) is 9.88 Å². The molecule has 2 aromatic rings. The Morgan fingerprint density at radius 3 is 3.15 bits per heavy atom. The number of fused-ring (bicyclic) bond motifs is 1. The van der Waals surface area contributed by atoms with Gasteiger partial charge in [0, 0.05) is 11.9 Å². The van der Waals surface area contributed by atoms with E-state index in [9.17, 15) is 4.79 Å². The maximum Gasteiger partial charge on any atom is 0.309 e. The number of benzene rings is 1. The predicted molar refractivity (Wildman–Crippen MR) is 77.0 cm³/mol. The first-order valence-corrected chi connectivity index (χ1v) is 7.27. The fourth-order valence-corrected chi connectivity index (χ4v) is 3.05. The van der Waals surface area contributed by atoms with Crippen molar-refractivity contribution < 1.29 is 14.6 Å². The minimum atomic E-state index is -0.860. The average Bonchev–Trinajstić information content (AvgIpc) is 2.76. The number of carbonyl (C=O) groups is 1. The van der Waals surface area contributed by atoms with Crippen LogP contribution in [0.4, 0.5) is 10.8 Å². The highest BCUT2D eigenvalue weighted by Crippen LogP contribution is 2.37. The molecule has 1 aromatic heterocycles. The van der Waals surface area contributed by atoms with Gasteiger partial charge in [-0.1, -0.05) is 12.1 Å². The number of carboxylic acid groups (broad SMARTS) is 1. The summed E-state index contributed by atoms with van der Waals surface area (Å²) in [6, 6.07) is 7.85. The molecule has 2 heterocycles. The van der Waals surface area contributed by atoms with Gasteiger partial charge in [-0.3, -0.25) is 4.79 Å². The van der Waals surface area contributed by atoms with Gasteiger partial charge in [0.05, 0.1) is 24.4 Å². The van der Waals surface area contributed by atoms with Crippen LogP contribution in [0.15, 0.2) is 29.6 Å². The third-order valence-corrected chi connectivity index (χ3v) is 3.95. The van der Waals surface area contributed by atoms with Crippen molar-refractivity contribution in [3.63, 3.8) is 0 Å². The number of anilines is 2. The molecule has 5 nitrogen and oxygen atoms in total. The first-order valence-electron chi connectivity index (χ1n) is 6.39. The van der Waals surface area contributed by atoms with Crippen molar-refractivity contribution in [3.8, 4) is 5.75 Å². The second-order valence-electron chi connectivity index (χ2n) is 4.51. The molecule has 20 heavy (non-hydrogen) atoms. The zero-order chi connectivity index (χ0) is 13.9. The maximum atomic E-state index is 10.7. The van der Waals surface area contributed by atoms with Gasteiger partial charge in [-0.2, -0.15) is 0 Å². The molecule has 6 heteroatoms. The Bertz CT molecular complexity index is 626. The van der Waals surface area contributed by atoms with E-state index in [0.717, 1.165) is 29.5 Å². The second-order valence-corrected chi connectivity index (χ2v) is 5.35. The Morgan fingerprint density at radius 2 is 2.30 bits per heavy atom. The maximum absolute atomic E-state index is 10.7. The summed E-state index contributed by atoms with van der Waals surface area (Å²) in [6.07, 6.45) is 0.866. The quantitative estimate of drug-likeness (QED) is 0.941. The van der Waals surface area contributed by atoms with Gasteiger partial charge in [0.2, 0.25) is 0 Å². The van der Waals surface area contributed by atoms with Gasteiger partial charge in [-0.05, 0) is 18.6 Å². The minimum absolute atomic E-state index is 0.0392. The number of thiazole rings is 1. The van der Waals surface area contributed by atoms with Crippen LogP contribution in [-0.2, 0) is 11.2 Å². The van der Waals surface area contributed by atoms with Gasteiger partial charge in [0.1, 0.15) is 5.75 Å².